The summed E-state index contributed by atoms with van der Waals surface area (Å²) in [6, 6.07) is 10.4. The number of para-hydroxylation sites is 1. The van der Waals surface area contributed by atoms with Crippen LogP contribution in [0.1, 0.15) is 30.9 Å². The minimum absolute atomic E-state index is 0.106. The molecule has 4 bridgehead atoms. The maximum absolute atomic E-state index is 11.0. The Bertz CT molecular complexity index is 1130. The lowest BCUT2D eigenvalue weighted by Crippen LogP contribution is -3.20. The van der Waals surface area contributed by atoms with Crippen molar-refractivity contribution < 1.29 is 29.8 Å². The van der Waals surface area contributed by atoms with E-state index in [2.05, 4.69) is 23.7 Å². The molecule has 1 saturated carbocycles. The zero-order chi connectivity index (χ0) is 24.7. The number of allylic oxidation sites excluding steroid dienone is 2. The predicted molar refractivity (Wildman–Crippen MR) is 128 cm³/mol. The highest BCUT2D eigenvalue weighted by Gasteiger charge is 2.49. The maximum atomic E-state index is 11.0. The zero-order valence-electron chi connectivity index (χ0n) is 19.6. The fourth-order valence-electron chi connectivity index (χ4n) is 6.98. The van der Waals surface area contributed by atoms with Crippen molar-refractivity contribution in [2.24, 2.45) is 35.5 Å². The monoisotopic (exact) mass is 476 g/mol. The first-order valence-electron chi connectivity index (χ1n) is 12.5. The van der Waals surface area contributed by atoms with Crippen molar-refractivity contribution in [3.63, 3.8) is 0 Å². The molecule has 3 unspecified atom stereocenters. The van der Waals surface area contributed by atoms with Gasteiger partial charge in [-0.3, -0.25) is 9.78 Å². The average Bonchev–Trinajstić information content (AvgIpc) is 3.51. The summed E-state index contributed by atoms with van der Waals surface area (Å²) >= 11 is 0. The number of carboxylic acids is 2. The van der Waals surface area contributed by atoms with Crippen LogP contribution < -0.4 is 10.0 Å². The van der Waals surface area contributed by atoms with E-state index in [0.29, 0.717) is 24.3 Å². The molecular weight excluding hydrogens is 444 g/mol. The first-order valence-corrected chi connectivity index (χ1v) is 12.5. The summed E-state index contributed by atoms with van der Waals surface area (Å²) in [6.45, 7) is 6.29. The van der Waals surface area contributed by atoms with E-state index in [1.807, 2.05) is 36.5 Å². The van der Waals surface area contributed by atoms with Gasteiger partial charge in [0.1, 0.15) is 12.1 Å². The molecule has 4 fully saturated rings. The summed E-state index contributed by atoms with van der Waals surface area (Å²) in [6.07, 6.45) is 10.2. The molecule has 0 radical (unpaired) electrons. The Hall–Kier alpha value is -3.03. The summed E-state index contributed by atoms with van der Waals surface area (Å²) in [7, 11) is 0. The molecule has 35 heavy (non-hydrogen) atoms. The van der Waals surface area contributed by atoms with E-state index in [1.165, 1.54) is 13.0 Å². The van der Waals surface area contributed by atoms with E-state index >= 15 is 0 Å². The largest absolute Gasteiger partial charge is 0.550 e. The number of hydrogen-bond acceptors (Lipinski definition) is 5. The van der Waals surface area contributed by atoms with E-state index in [0.717, 1.165) is 29.4 Å². The third kappa shape index (κ3) is 4.28. The second-order valence-electron chi connectivity index (χ2n) is 10.4. The average molecular weight is 477 g/mol. The number of nitrogens with zero attached hydrogens (tertiary/aromatic N) is 1. The van der Waals surface area contributed by atoms with Gasteiger partial charge in [-0.1, -0.05) is 36.4 Å². The molecule has 7 rings (SSSR count). The van der Waals surface area contributed by atoms with Crippen molar-refractivity contribution in [1.82, 2.24) is 4.98 Å². The molecule has 9 atom stereocenters. The molecule has 2 aromatic rings. The van der Waals surface area contributed by atoms with Crippen LogP contribution in [0, 0.1) is 35.5 Å². The van der Waals surface area contributed by atoms with Crippen LogP contribution in [-0.4, -0.2) is 46.3 Å². The Balaban J connectivity index is 0.000000166. The molecule has 184 valence electrons. The number of carbonyl (C=O) groups is 2. The van der Waals surface area contributed by atoms with Gasteiger partial charge < -0.3 is 25.0 Å². The van der Waals surface area contributed by atoms with Gasteiger partial charge in [0, 0.05) is 42.2 Å². The van der Waals surface area contributed by atoms with E-state index in [1.54, 1.807) is 11.0 Å². The van der Waals surface area contributed by atoms with E-state index in [4.69, 9.17) is 5.11 Å². The van der Waals surface area contributed by atoms with Crippen molar-refractivity contribution in [2.75, 3.05) is 13.1 Å². The van der Waals surface area contributed by atoms with Gasteiger partial charge in [0.05, 0.1) is 24.5 Å². The third-order valence-electron chi connectivity index (χ3n) is 8.72. The number of quaternary nitrogens is 1. The minimum atomic E-state index is -1.23. The molecule has 7 nitrogen and oxygen atoms in total. The normalized spacial score (nSPS) is 35.3. The second kappa shape index (κ2) is 9.55. The van der Waals surface area contributed by atoms with Crippen molar-refractivity contribution >= 4 is 22.8 Å². The molecule has 1 aromatic carbocycles. The second-order valence-corrected chi connectivity index (χ2v) is 10.4. The number of piperidine rings is 3. The Morgan fingerprint density at radius 1 is 1.14 bits per heavy atom. The lowest BCUT2D eigenvalue weighted by molar-refractivity contribution is -0.949. The first kappa shape index (κ1) is 23.7. The minimum Gasteiger partial charge on any atom is -0.550 e. The molecule has 0 spiro atoms. The van der Waals surface area contributed by atoms with Crippen LogP contribution in [0.25, 0.3) is 10.9 Å². The van der Waals surface area contributed by atoms with Crippen molar-refractivity contribution in [1.29, 1.82) is 0 Å². The SMILES string of the molecule is C=C[C@H]1C[NH+]2CC[C@H]1C[C@@H]2[C@@H](O)c1ccnc2ccccc12.O=C([O-])[C@H]1C2C=CC(C2)[C@@H]1C(=O)O. The number of rotatable bonds is 5. The van der Waals surface area contributed by atoms with Crippen LogP contribution >= 0.6 is 0 Å². The van der Waals surface area contributed by atoms with E-state index in [9.17, 15) is 19.8 Å². The van der Waals surface area contributed by atoms with Gasteiger partial charge in [-0.15, -0.1) is 6.58 Å². The van der Waals surface area contributed by atoms with Gasteiger partial charge in [-0.05, 0) is 41.9 Å². The fourth-order valence-corrected chi connectivity index (χ4v) is 6.98. The molecular formula is C28H32N2O5. The molecule has 3 saturated heterocycles. The number of pyridine rings is 1. The maximum Gasteiger partial charge on any atom is 0.307 e. The van der Waals surface area contributed by atoms with Crippen LogP contribution in [0.3, 0.4) is 0 Å². The number of aliphatic hydroxyl groups excluding tert-OH is 1. The van der Waals surface area contributed by atoms with Gasteiger partial charge >= 0.3 is 5.97 Å². The number of hydrogen-bond donors (Lipinski definition) is 3. The van der Waals surface area contributed by atoms with Crippen LogP contribution in [-0.2, 0) is 9.59 Å². The van der Waals surface area contributed by atoms with Gasteiger partial charge in [0.25, 0.3) is 0 Å². The van der Waals surface area contributed by atoms with Crippen LogP contribution in [0.4, 0.5) is 0 Å². The quantitative estimate of drug-likeness (QED) is 0.555. The van der Waals surface area contributed by atoms with Crippen LogP contribution in [0.15, 0.2) is 61.3 Å². The fraction of sp³-hybridized carbons (Fsp3) is 0.464. The number of fused-ring (bicyclic) bond motifs is 6. The Morgan fingerprint density at radius 2 is 1.89 bits per heavy atom. The molecule has 1 aromatic heterocycles. The lowest BCUT2D eigenvalue weighted by Gasteiger charge is -2.47. The van der Waals surface area contributed by atoms with Gasteiger partial charge in [-0.25, -0.2) is 0 Å². The summed E-state index contributed by atoms with van der Waals surface area (Å²) in [5, 5.41) is 31.7. The molecule has 5 aliphatic rings. The molecule has 0 amide bonds. The van der Waals surface area contributed by atoms with E-state index in [-0.39, 0.29) is 11.8 Å². The number of benzene rings is 1. The number of aliphatic hydroxyl groups is 1. The number of carboxylic acid groups (broad SMARTS) is 2. The van der Waals surface area contributed by atoms with Crippen LogP contribution in [0.2, 0.25) is 0 Å². The van der Waals surface area contributed by atoms with Crippen molar-refractivity contribution in [3.05, 3.63) is 66.9 Å². The first-order chi connectivity index (χ1) is 16.9. The van der Waals surface area contributed by atoms with Gasteiger partial charge in [0.15, 0.2) is 0 Å². The number of aliphatic carboxylic acids is 2. The third-order valence-corrected chi connectivity index (χ3v) is 8.72. The van der Waals surface area contributed by atoms with Crippen molar-refractivity contribution in [2.45, 2.75) is 31.4 Å². The Morgan fingerprint density at radius 3 is 2.51 bits per heavy atom. The standard InChI is InChI=1S/C19H22N2O.C9H10O4/c1-2-13-12-21-10-8-14(13)11-18(21)19(22)16-7-9-20-17-6-4-3-5-15(16)17;10-8(11)6-4-1-2-5(3-4)7(6)9(12)13/h2-7,9,13-14,18-19,22H,1,8,10-12H2;1-2,4-7H,3H2,(H,10,11)(H,12,13)/t13-,14-,18+,19-;4?,5?,6-,7-/m00/s1. The Labute approximate surface area is 204 Å². The van der Waals surface area contributed by atoms with E-state index < -0.39 is 29.9 Å². The van der Waals surface area contributed by atoms with Gasteiger partial charge in [-0.2, -0.15) is 0 Å². The summed E-state index contributed by atoms with van der Waals surface area (Å²) < 4.78 is 0. The highest BCUT2D eigenvalue weighted by Crippen LogP contribution is 2.47. The number of aromatic nitrogens is 1. The van der Waals surface area contributed by atoms with Gasteiger partial charge in [0.2, 0.25) is 0 Å². The predicted octanol–water partition coefficient (Wildman–Crippen LogP) is 1.01. The lowest BCUT2D eigenvalue weighted by atomic mass is 9.73. The summed E-state index contributed by atoms with van der Waals surface area (Å²) in [5.74, 6) is -2.77. The zero-order valence-corrected chi connectivity index (χ0v) is 19.6. The van der Waals surface area contributed by atoms with Crippen LogP contribution in [0.5, 0.6) is 0 Å². The highest BCUT2D eigenvalue weighted by atomic mass is 16.4. The number of carbonyl (C=O) groups excluding carboxylic acids is 1. The summed E-state index contributed by atoms with van der Waals surface area (Å²) in [5.41, 5.74) is 2.00. The molecule has 2 aliphatic carbocycles. The highest BCUT2D eigenvalue weighted by molar-refractivity contribution is 5.82. The number of nitrogens with one attached hydrogen (secondary N) is 1. The Kier molecular flexibility index (Phi) is 6.47. The molecule has 4 heterocycles. The molecule has 3 aliphatic heterocycles. The summed E-state index contributed by atoms with van der Waals surface area (Å²) in [4.78, 5) is 27.4. The molecule has 7 heteroatoms. The smallest absolute Gasteiger partial charge is 0.307 e. The van der Waals surface area contributed by atoms with Crippen molar-refractivity contribution in [3.8, 4) is 0 Å². The molecule has 3 N–H and O–H groups in total. The topological polar surface area (TPSA) is 115 Å².